The second kappa shape index (κ2) is 7.27. The Balaban J connectivity index is 2.23. The molecule has 0 aliphatic carbocycles. The highest BCUT2D eigenvalue weighted by Crippen LogP contribution is 2.36. The first-order chi connectivity index (χ1) is 9.82. The highest BCUT2D eigenvalue weighted by Gasteiger charge is 2.31. The average molecular weight is 416 g/mol. The van der Waals surface area contributed by atoms with E-state index in [9.17, 15) is 8.42 Å². The fraction of sp³-hybridized carbons (Fsp3) is 0.692. The van der Waals surface area contributed by atoms with Gasteiger partial charge in [0.2, 0.25) is 0 Å². The maximum Gasteiger partial charge on any atom is 0.252 e. The number of rotatable bonds is 5. The molecule has 1 aliphatic rings. The van der Waals surface area contributed by atoms with Crippen LogP contribution < -0.4 is 5.32 Å². The van der Waals surface area contributed by atoms with E-state index in [1.165, 1.54) is 17.4 Å². The molecular formula is C13H20BrClN2O2S2. The summed E-state index contributed by atoms with van der Waals surface area (Å²) in [5.74, 6) is 0.370. The van der Waals surface area contributed by atoms with E-state index in [2.05, 4.69) is 21.2 Å². The summed E-state index contributed by atoms with van der Waals surface area (Å²) in [7, 11) is -3.49. The van der Waals surface area contributed by atoms with Gasteiger partial charge in [-0.3, -0.25) is 0 Å². The third kappa shape index (κ3) is 4.20. The molecular weight excluding hydrogens is 396 g/mol. The smallest absolute Gasteiger partial charge is 0.252 e. The van der Waals surface area contributed by atoms with Crippen LogP contribution in [0.3, 0.4) is 0 Å². The Kier molecular flexibility index (Phi) is 6.13. The second-order valence-corrected chi connectivity index (χ2v) is 10.5. The van der Waals surface area contributed by atoms with Crippen LogP contribution in [0.25, 0.3) is 0 Å². The van der Waals surface area contributed by atoms with Crippen molar-refractivity contribution < 1.29 is 8.42 Å². The van der Waals surface area contributed by atoms with Gasteiger partial charge in [-0.2, -0.15) is 4.31 Å². The maximum absolute atomic E-state index is 12.8. The Morgan fingerprint density at radius 1 is 1.57 bits per heavy atom. The van der Waals surface area contributed by atoms with Gasteiger partial charge in [0.25, 0.3) is 10.0 Å². The molecule has 0 spiro atoms. The van der Waals surface area contributed by atoms with Gasteiger partial charge in [-0.15, -0.1) is 11.3 Å². The van der Waals surface area contributed by atoms with E-state index >= 15 is 0 Å². The number of hydrogen-bond donors (Lipinski definition) is 1. The lowest BCUT2D eigenvalue weighted by Gasteiger charge is -2.31. The van der Waals surface area contributed by atoms with Gasteiger partial charge in [-0.25, -0.2) is 8.42 Å². The lowest BCUT2D eigenvalue weighted by atomic mass is 9.99. The van der Waals surface area contributed by atoms with Crippen molar-refractivity contribution in [2.24, 2.45) is 5.92 Å². The monoisotopic (exact) mass is 414 g/mol. The molecule has 1 aromatic heterocycles. The molecule has 0 amide bonds. The van der Waals surface area contributed by atoms with Crippen molar-refractivity contribution in [2.45, 2.75) is 36.9 Å². The second-order valence-electron chi connectivity index (χ2n) is 5.57. The molecule has 0 saturated carbocycles. The highest BCUT2D eigenvalue weighted by molar-refractivity contribution is 9.11. The van der Waals surface area contributed by atoms with E-state index in [-0.39, 0.29) is 6.04 Å². The van der Waals surface area contributed by atoms with Gasteiger partial charge in [0, 0.05) is 12.6 Å². The zero-order valence-electron chi connectivity index (χ0n) is 12.1. The number of hydrogen-bond acceptors (Lipinski definition) is 4. The minimum Gasteiger partial charge on any atom is -0.316 e. The van der Waals surface area contributed by atoms with Crippen LogP contribution in [0.4, 0.5) is 0 Å². The summed E-state index contributed by atoms with van der Waals surface area (Å²) < 4.78 is 28.3. The van der Waals surface area contributed by atoms with E-state index in [0.29, 0.717) is 25.5 Å². The Bertz CT molecular complexity index is 563. The fourth-order valence-corrected chi connectivity index (χ4v) is 6.73. The maximum atomic E-state index is 12.8. The quantitative estimate of drug-likeness (QED) is 0.800. The topological polar surface area (TPSA) is 49.4 Å². The van der Waals surface area contributed by atoms with Crippen LogP contribution >= 0.6 is 38.9 Å². The summed E-state index contributed by atoms with van der Waals surface area (Å²) >= 11 is 10.4. The molecule has 8 heteroatoms. The molecule has 21 heavy (non-hydrogen) atoms. The fourth-order valence-electron chi connectivity index (χ4n) is 2.49. The molecule has 0 aromatic carbocycles. The molecule has 2 heterocycles. The summed E-state index contributed by atoms with van der Waals surface area (Å²) in [6.07, 6.45) is 2.17. The number of halogens is 2. The molecule has 1 saturated heterocycles. The summed E-state index contributed by atoms with van der Waals surface area (Å²) in [5.41, 5.74) is 0. The van der Waals surface area contributed by atoms with E-state index in [1.807, 2.05) is 13.8 Å². The van der Waals surface area contributed by atoms with Gasteiger partial charge < -0.3 is 5.32 Å². The van der Waals surface area contributed by atoms with Crippen LogP contribution in [0.2, 0.25) is 5.02 Å². The minimum absolute atomic E-state index is 0.0726. The van der Waals surface area contributed by atoms with E-state index in [0.717, 1.165) is 25.9 Å². The molecule has 0 bridgehead atoms. The predicted molar refractivity (Wildman–Crippen MR) is 91.7 cm³/mol. The van der Waals surface area contributed by atoms with Crippen molar-refractivity contribution in [3.8, 4) is 0 Å². The van der Waals surface area contributed by atoms with E-state index in [4.69, 9.17) is 11.6 Å². The largest absolute Gasteiger partial charge is 0.316 e. The number of thiophene rings is 1. The number of sulfonamides is 1. The van der Waals surface area contributed by atoms with Crippen molar-refractivity contribution in [1.82, 2.24) is 9.62 Å². The van der Waals surface area contributed by atoms with Crippen molar-refractivity contribution in [1.29, 1.82) is 0 Å². The van der Waals surface area contributed by atoms with Crippen molar-refractivity contribution in [2.75, 3.05) is 19.6 Å². The first-order valence-electron chi connectivity index (χ1n) is 6.99. The summed E-state index contributed by atoms with van der Waals surface area (Å²) in [5, 5.41) is 3.78. The lowest BCUT2D eigenvalue weighted by molar-refractivity contribution is 0.264. The Morgan fingerprint density at radius 2 is 2.29 bits per heavy atom. The number of nitrogens with zero attached hydrogens (tertiary/aromatic N) is 1. The summed E-state index contributed by atoms with van der Waals surface area (Å²) in [6, 6.07) is 1.46. The molecule has 120 valence electrons. The standard InChI is InChI=1S/C13H20BrClN2O2S2/c1-9(2)17(8-10-4-3-5-16-7-10)21(18,19)12-6-11(15)13(14)20-12/h6,9-10,16H,3-5,7-8H2,1-2H3. The minimum atomic E-state index is -3.49. The highest BCUT2D eigenvalue weighted by atomic mass is 79.9. The van der Waals surface area contributed by atoms with Crippen LogP contribution in [-0.4, -0.2) is 38.4 Å². The first kappa shape index (κ1) is 17.7. The lowest BCUT2D eigenvalue weighted by Crippen LogP contribution is -2.43. The van der Waals surface area contributed by atoms with E-state index in [1.54, 1.807) is 4.31 Å². The molecule has 2 rings (SSSR count). The third-order valence-electron chi connectivity index (χ3n) is 3.60. The average Bonchev–Trinajstić information content (AvgIpc) is 2.77. The molecule has 1 atom stereocenters. The molecule has 1 aliphatic heterocycles. The van der Waals surface area contributed by atoms with Crippen molar-refractivity contribution in [3.63, 3.8) is 0 Å². The Labute approximate surface area is 144 Å². The van der Waals surface area contributed by atoms with Crippen molar-refractivity contribution >= 4 is 48.9 Å². The van der Waals surface area contributed by atoms with Gasteiger partial charge >= 0.3 is 0 Å². The number of piperidine rings is 1. The summed E-state index contributed by atoms with van der Waals surface area (Å²) in [4.78, 5) is 0. The van der Waals surface area contributed by atoms with Gasteiger partial charge in [-0.05, 0) is 67.7 Å². The van der Waals surface area contributed by atoms with Crippen LogP contribution in [0, 0.1) is 5.92 Å². The van der Waals surface area contributed by atoms with Gasteiger partial charge in [0.05, 0.1) is 8.81 Å². The van der Waals surface area contributed by atoms with Gasteiger partial charge in [-0.1, -0.05) is 11.6 Å². The number of nitrogens with one attached hydrogen (secondary N) is 1. The van der Waals surface area contributed by atoms with Crippen molar-refractivity contribution in [3.05, 3.63) is 14.9 Å². The molecule has 1 N–H and O–H groups in total. The van der Waals surface area contributed by atoms with E-state index < -0.39 is 10.0 Å². The zero-order valence-corrected chi connectivity index (χ0v) is 16.1. The molecule has 1 unspecified atom stereocenters. The summed E-state index contributed by atoms with van der Waals surface area (Å²) in [6.45, 7) is 6.29. The van der Waals surface area contributed by atoms with Gasteiger partial charge in [0.15, 0.2) is 0 Å². The molecule has 1 aromatic rings. The Morgan fingerprint density at radius 3 is 2.76 bits per heavy atom. The van der Waals surface area contributed by atoms with Crippen LogP contribution in [0.1, 0.15) is 26.7 Å². The van der Waals surface area contributed by atoms with Crippen LogP contribution in [0.5, 0.6) is 0 Å². The van der Waals surface area contributed by atoms with Gasteiger partial charge in [0.1, 0.15) is 4.21 Å². The van der Waals surface area contributed by atoms with Crippen LogP contribution in [-0.2, 0) is 10.0 Å². The molecule has 4 nitrogen and oxygen atoms in total. The Hall–Kier alpha value is 0.340. The normalized spacial score (nSPS) is 20.4. The zero-order chi connectivity index (χ0) is 15.6. The third-order valence-corrected chi connectivity index (χ3v) is 8.56. The molecule has 1 fully saturated rings. The first-order valence-corrected chi connectivity index (χ1v) is 10.4. The SMILES string of the molecule is CC(C)N(CC1CCCNC1)S(=O)(=O)c1cc(Cl)c(Br)s1. The predicted octanol–water partition coefficient (Wildman–Crippen LogP) is 3.56. The van der Waals surface area contributed by atoms with Crippen LogP contribution in [0.15, 0.2) is 14.1 Å². The molecule has 0 radical (unpaired) electrons.